The zero-order chi connectivity index (χ0) is 14.5. The lowest BCUT2D eigenvalue weighted by Crippen LogP contribution is -2.36. The van der Waals surface area contributed by atoms with E-state index >= 15 is 0 Å². The Morgan fingerprint density at radius 1 is 1.32 bits per heavy atom. The summed E-state index contributed by atoms with van der Waals surface area (Å²) < 4.78 is 0. The molecule has 0 saturated heterocycles. The lowest BCUT2D eigenvalue weighted by molar-refractivity contribution is 0.0886. The summed E-state index contributed by atoms with van der Waals surface area (Å²) in [6.45, 7) is 10.6. The van der Waals surface area contributed by atoms with Crippen molar-refractivity contribution in [1.82, 2.24) is 5.32 Å². The molecule has 3 nitrogen and oxygen atoms in total. The number of rotatable bonds is 7. The van der Waals surface area contributed by atoms with Gasteiger partial charge in [0.25, 0.3) is 0 Å². The first-order valence-electron chi connectivity index (χ1n) is 7.07. The maximum absolute atomic E-state index is 9.89. The monoisotopic (exact) mass is 264 g/mol. The van der Waals surface area contributed by atoms with Crippen molar-refractivity contribution in [2.45, 2.75) is 46.3 Å². The number of nitrogens with one attached hydrogen (secondary N) is 1. The van der Waals surface area contributed by atoms with Crippen LogP contribution < -0.4 is 10.2 Å². The summed E-state index contributed by atoms with van der Waals surface area (Å²) in [4.78, 5) is 2.11. The predicted octanol–water partition coefficient (Wildman–Crippen LogP) is 2.70. The summed E-state index contributed by atoms with van der Waals surface area (Å²) in [5.74, 6) is 0. The molecule has 2 N–H and O–H groups in total. The highest BCUT2D eigenvalue weighted by molar-refractivity contribution is 5.54. The zero-order valence-electron chi connectivity index (χ0n) is 13.0. The Kier molecular flexibility index (Phi) is 5.83. The Bertz CT molecular complexity index is 396. The molecule has 3 heteroatoms. The van der Waals surface area contributed by atoms with Crippen molar-refractivity contribution in [3.8, 4) is 0 Å². The average molecular weight is 264 g/mol. The third kappa shape index (κ3) is 5.62. The number of hydrogen-bond acceptors (Lipinski definition) is 3. The van der Waals surface area contributed by atoms with E-state index in [1.54, 1.807) is 0 Å². The van der Waals surface area contributed by atoms with E-state index in [9.17, 15) is 5.11 Å². The zero-order valence-corrected chi connectivity index (χ0v) is 13.0. The lowest BCUT2D eigenvalue weighted by Gasteiger charge is -2.28. The highest BCUT2D eigenvalue weighted by Crippen LogP contribution is 2.21. The van der Waals surface area contributed by atoms with Gasteiger partial charge in [-0.25, -0.2) is 0 Å². The van der Waals surface area contributed by atoms with Crippen molar-refractivity contribution < 1.29 is 5.11 Å². The fraction of sp³-hybridized carbons (Fsp3) is 0.625. The Morgan fingerprint density at radius 2 is 2.00 bits per heavy atom. The molecule has 0 spiro atoms. The Hall–Kier alpha value is -1.06. The van der Waals surface area contributed by atoms with E-state index in [4.69, 9.17) is 0 Å². The summed E-state index contributed by atoms with van der Waals surface area (Å²) in [5.41, 5.74) is 3.07. The highest BCUT2D eigenvalue weighted by atomic mass is 16.3. The number of nitrogens with zero attached hydrogens (tertiary/aromatic N) is 1. The van der Waals surface area contributed by atoms with E-state index in [1.165, 1.54) is 16.8 Å². The van der Waals surface area contributed by atoms with Crippen LogP contribution in [0.25, 0.3) is 0 Å². The van der Waals surface area contributed by atoms with Crippen molar-refractivity contribution in [1.29, 1.82) is 0 Å². The molecule has 0 fully saturated rings. The van der Waals surface area contributed by atoms with Crippen LogP contribution in [0.3, 0.4) is 0 Å². The summed E-state index contributed by atoms with van der Waals surface area (Å²) in [6.07, 6.45) is 1.16. The van der Waals surface area contributed by atoms with Gasteiger partial charge in [-0.15, -0.1) is 0 Å². The minimum Gasteiger partial charge on any atom is -0.389 e. The van der Waals surface area contributed by atoms with Crippen molar-refractivity contribution >= 4 is 5.69 Å². The van der Waals surface area contributed by atoms with Crippen LogP contribution in [0, 0.1) is 6.92 Å². The fourth-order valence-electron chi connectivity index (χ4n) is 2.33. The Balaban J connectivity index is 2.71. The van der Waals surface area contributed by atoms with Crippen LogP contribution in [0.2, 0.25) is 0 Å². The average Bonchev–Trinajstić information content (AvgIpc) is 2.27. The van der Waals surface area contributed by atoms with Crippen LogP contribution in [0.4, 0.5) is 5.69 Å². The van der Waals surface area contributed by atoms with Gasteiger partial charge in [-0.2, -0.15) is 0 Å². The van der Waals surface area contributed by atoms with Crippen molar-refractivity contribution in [2.24, 2.45) is 0 Å². The van der Waals surface area contributed by atoms with Crippen LogP contribution in [0.15, 0.2) is 18.2 Å². The normalized spacial score (nSPS) is 11.7. The molecule has 1 aromatic carbocycles. The summed E-state index contributed by atoms with van der Waals surface area (Å²) in [6, 6.07) is 6.52. The molecule has 0 bridgehead atoms. The van der Waals surface area contributed by atoms with E-state index in [0.29, 0.717) is 6.54 Å². The molecule has 108 valence electrons. The van der Waals surface area contributed by atoms with E-state index < -0.39 is 5.60 Å². The lowest BCUT2D eigenvalue weighted by atomic mass is 10.1. The molecule has 0 atom stereocenters. The van der Waals surface area contributed by atoms with Crippen molar-refractivity contribution in [3.63, 3.8) is 0 Å². The van der Waals surface area contributed by atoms with Gasteiger partial charge < -0.3 is 15.3 Å². The molecule has 0 aliphatic heterocycles. The molecular weight excluding hydrogens is 236 g/mol. The SMILES string of the molecule is CCCNCc1ccc(N(C)CC(C)(C)O)c(C)c1. The summed E-state index contributed by atoms with van der Waals surface area (Å²) >= 11 is 0. The highest BCUT2D eigenvalue weighted by Gasteiger charge is 2.16. The van der Waals surface area contributed by atoms with Crippen LogP contribution in [0.5, 0.6) is 0 Å². The first-order chi connectivity index (χ1) is 8.83. The van der Waals surface area contributed by atoms with Gasteiger partial charge in [0, 0.05) is 25.8 Å². The molecule has 19 heavy (non-hydrogen) atoms. The van der Waals surface area contributed by atoms with Gasteiger partial charge in [0.2, 0.25) is 0 Å². The minimum absolute atomic E-state index is 0.626. The van der Waals surface area contributed by atoms with Gasteiger partial charge in [0.05, 0.1) is 5.60 Å². The molecule has 0 unspecified atom stereocenters. The molecule has 0 radical (unpaired) electrons. The topological polar surface area (TPSA) is 35.5 Å². The Labute approximate surface area is 117 Å². The number of hydrogen-bond donors (Lipinski definition) is 2. The van der Waals surface area contributed by atoms with Gasteiger partial charge in [0.1, 0.15) is 0 Å². The maximum atomic E-state index is 9.89. The first kappa shape index (κ1) is 16.0. The van der Waals surface area contributed by atoms with E-state index in [-0.39, 0.29) is 0 Å². The molecule has 1 rings (SSSR count). The molecule has 0 amide bonds. The predicted molar refractivity (Wildman–Crippen MR) is 82.7 cm³/mol. The van der Waals surface area contributed by atoms with Gasteiger partial charge >= 0.3 is 0 Å². The quantitative estimate of drug-likeness (QED) is 0.743. The number of anilines is 1. The van der Waals surface area contributed by atoms with Gasteiger partial charge in [-0.1, -0.05) is 19.1 Å². The van der Waals surface area contributed by atoms with Gasteiger partial charge in [0.15, 0.2) is 0 Å². The molecule has 0 aliphatic rings. The number of aryl methyl sites for hydroxylation is 1. The van der Waals surface area contributed by atoms with Crippen LogP contribution >= 0.6 is 0 Å². The smallest absolute Gasteiger partial charge is 0.0765 e. The van der Waals surface area contributed by atoms with Crippen LogP contribution in [-0.2, 0) is 6.54 Å². The largest absolute Gasteiger partial charge is 0.389 e. The molecular formula is C16H28N2O. The molecule has 0 aromatic heterocycles. The first-order valence-corrected chi connectivity index (χ1v) is 7.07. The van der Waals surface area contributed by atoms with Gasteiger partial charge in [-0.3, -0.25) is 0 Å². The maximum Gasteiger partial charge on any atom is 0.0765 e. The van der Waals surface area contributed by atoms with E-state index in [1.807, 2.05) is 20.9 Å². The van der Waals surface area contributed by atoms with Crippen molar-refractivity contribution in [3.05, 3.63) is 29.3 Å². The molecule has 0 heterocycles. The Morgan fingerprint density at radius 3 is 2.53 bits per heavy atom. The van der Waals surface area contributed by atoms with Crippen LogP contribution in [-0.4, -0.2) is 30.8 Å². The number of likely N-dealkylation sites (N-methyl/N-ethyl adjacent to an activating group) is 1. The fourth-order valence-corrected chi connectivity index (χ4v) is 2.33. The molecule has 0 saturated carbocycles. The second-order valence-corrected chi connectivity index (χ2v) is 5.97. The summed E-state index contributed by atoms with van der Waals surface area (Å²) in [5, 5.41) is 13.3. The van der Waals surface area contributed by atoms with Gasteiger partial charge in [-0.05, 0) is 50.9 Å². The van der Waals surface area contributed by atoms with Crippen molar-refractivity contribution in [2.75, 3.05) is 25.0 Å². The van der Waals surface area contributed by atoms with E-state index in [2.05, 4.69) is 42.3 Å². The van der Waals surface area contributed by atoms with Crippen LogP contribution in [0.1, 0.15) is 38.3 Å². The van der Waals surface area contributed by atoms with E-state index in [0.717, 1.165) is 19.5 Å². The second-order valence-electron chi connectivity index (χ2n) is 5.97. The third-order valence-electron chi connectivity index (χ3n) is 3.05. The second kappa shape index (κ2) is 6.92. The molecule has 1 aromatic rings. The number of benzene rings is 1. The standard InChI is InChI=1S/C16H28N2O/c1-6-9-17-11-14-7-8-15(13(2)10-14)18(5)12-16(3,4)19/h7-8,10,17,19H,6,9,11-12H2,1-5H3. The number of aliphatic hydroxyl groups is 1. The third-order valence-corrected chi connectivity index (χ3v) is 3.05. The molecule has 0 aliphatic carbocycles. The summed E-state index contributed by atoms with van der Waals surface area (Å²) in [7, 11) is 2.02. The minimum atomic E-state index is -0.678.